The zero-order chi connectivity index (χ0) is 20.9. The normalized spacial score (nSPS) is 16.7. The fourth-order valence-electron chi connectivity index (χ4n) is 3.98. The van der Waals surface area contributed by atoms with Crippen molar-refractivity contribution in [3.05, 3.63) is 0 Å². The predicted octanol–water partition coefficient (Wildman–Crippen LogP) is 5.61. The van der Waals surface area contributed by atoms with Gasteiger partial charge < -0.3 is 14.0 Å². The molecule has 154 valence electrons. The number of ether oxygens (including phenoxy) is 1. The van der Waals surface area contributed by atoms with Gasteiger partial charge in [0.2, 0.25) is 8.32 Å². The first-order valence-corrected chi connectivity index (χ1v) is 12.2. The number of aldehydes is 1. The first kappa shape index (κ1) is 25.3. The molecule has 0 spiro atoms. The fourth-order valence-corrected chi connectivity index (χ4v) is 9.72. The molecule has 4 nitrogen and oxygen atoms in total. The maximum atomic E-state index is 12.1. The first-order chi connectivity index (χ1) is 11.7. The van der Waals surface area contributed by atoms with Gasteiger partial charge in [-0.15, -0.1) is 0 Å². The van der Waals surface area contributed by atoms with Gasteiger partial charge in [0, 0.05) is 11.8 Å². The summed E-state index contributed by atoms with van der Waals surface area (Å²) in [6, 6.07) is 0. The average molecular weight is 387 g/mol. The Morgan fingerprint density at radius 3 is 1.65 bits per heavy atom. The van der Waals surface area contributed by atoms with E-state index in [-0.39, 0.29) is 30.5 Å². The number of rotatable bonds is 10. The molecule has 0 unspecified atom stereocenters. The molecule has 0 aromatic carbocycles. The molecule has 0 saturated carbocycles. The predicted molar refractivity (Wildman–Crippen MR) is 111 cm³/mol. The van der Waals surface area contributed by atoms with Gasteiger partial charge in [-0.05, 0) is 37.4 Å². The summed E-state index contributed by atoms with van der Waals surface area (Å²) in [5.74, 6) is -0.493. The molecule has 0 aromatic heterocycles. The summed E-state index contributed by atoms with van der Waals surface area (Å²) >= 11 is 0. The van der Waals surface area contributed by atoms with Crippen LogP contribution in [-0.2, 0) is 18.8 Å². The number of hydrogen-bond donors (Lipinski definition) is 0. The highest BCUT2D eigenvalue weighted by molar-refractivity contribution is 6.77. The van der Waals surface area contributed by atoms with Gasteiger partial charge in [0.15, 0.2) is 0 Å². The lowest BCUT2D eigenvalue weighted by molar-refractivity contribution is -0.155. The van der Waals surface area contributed by atoms with Gasteiger partial charge in [-0.3, -0.25) is 4.79 Å². The maximum absolute atomic E-state index is 12.1. The Kier molecular flexibility index (Phi) is 9.76. The van der Waals surface area contributed by atoms with Crippen LogP contribution in [0, 0.1) is 17.3 Å². The van der Waals surface area contributed by atoms with Crippen molar-refractivity contribution in [2.75, 3.05) is 6.61 Å². The van der Waals surface area contributed by atoms with Gasteiger partial charge >= 0.3 is 5.97 Å². The molecule has 0 rings (SSSR count). The van der Waals surface area contributed by atoms with E-state index < -0.39 is 13.7 Å². The summed E-state index contributed by atoms with van der Waals surface area (Å²) in [6.45, 7) is 23.1. The van der Waals surface area contributed by atoms with Gasteiger partial charge in [-0.25, -0.2) is 0 Å². The smallest absolute Gasteiger partial charge is 0.311 e. The second kappa shape index (κ2) is 10.0. The third kappa shape index (κ3) is 6.19. The molecule has 0 aromatic rings. The van der Waals surface area contributed by atoms with Crippen LogP contribution in [0.4, 0.5) is 0 Å². The van der Waals surface area contributed by atoms with E-state index in [4.69, 9.17) is 9.16 Å². The van der Waals surface area contributed by atoms with Crippen molar-refractivity contribution < 1.29 is 18.8 Å². The van der Waals surface area contributed by atoms with Crippen LogP contribution in [0.25, 0.3) is 0 Å². The number of hydrogen-bond acceptors (Lipinski definition) is 4. The second-order valence-corrected chi connectivity index (χ2v) is 15.1. The average Bonchev–Trinajstić information content (AvgIpc) is 2.50. The van der Waals surface area contributed by atoms with Crippen molar-refractivity contribution in [2.45, 2.75) is 98.9 Å². The highest BCUT2D eigenvalue weighted by atomic mass is 28.4. The van der Waals surface area contributed by atoms with Crippen LogP contribution in [0.2, 0.25) is 16.6 Å². The summed E-state index contributed by atoms with van der Waals surface area (Å²) in [5, 5.41) is 0. The van der Waals surface area contributed by atoms with Crippen LogP contribution >= 0.6 is 0 Å². The van der Waals surface area contributed by atoms with Gasteiger partial charge in [-0.1, -0.05) is 55.4 Å². The molecule has 0 N–H and O–H groups in total. The minimum atomic E-state index is -2.12. The number of carbonyl (C=O) groups is 2. The molecule has 0 saturated heterocycles. The Labute approximate surface area is 162 Å². The zero-order valence-corrected chi connectivity index (χ0v) is 19.9. The molecule has 0 aliphatic carbocycles. The van der Waals surface area contributed by atoms with Gasteiger partial charge in [-0.2, -0.15) is 0 Å². The Morgan fingerprint density at radius 2 is 1.35 bits per heavy atom. The lowest BCUT2D eigenvalue weighted by Gasteiger charge is -2.46. The lowest BCUT2D eigenvalue weighted by Crippen LogP contribution is -2.53. The standard InChI is InChI=1S/C21H42O4Si/c1-14(2)26(15(3)4,16(5)6)25-19(17(7)12-22)18(8)13-24-20(23)21(9,10)11/h12,14-19H,13H2,1-11H3/t17-,18-,19-/m1/s1. The van der Waals surface area contributed by atoms with E-state index in [2.05, 4.69) is 41.5 Å². The van der Waals surface area contributed by atoms with E-state index in [0.29, 0.717) is 16.6 Å². The summed E-state index contributed by atoms with van der Waals surface area (Å²) in [7, 11) is -2.12. The molecule has 0 aliphatic heterocycles. The Bertz CT molecular complexity index is 430. The highest BCUT2D eigenvalue weighted by Crippen LogP contribution is 2.44. The molecule has 26 heavy (non-hydrogen) atoms. The van der Waals surface area contributed by atoms with E-state index in [1.54, 1.807) is 0 Å². The van der Waals surface area contributed by atoms with E-state index in [0.717, 1.165) is 6.29 Å². The van der Waals surface area contributed by atoms with Gasteiger partial charge in [0.1, 0.15) is 6.29 Å². The van der Waals surface area contributed by atoms with Crippen LogP contribution in [0.1, 0.15) is 76.2 Å². The van der Waals surface area contributed by atoms with Crippen LogP contribution in [0.5, 0.6) is 0 Å². The molecule has 3 atom stereocenters. The summed E-state index contributed by atoms with van der Waals surface area (Å²) in [6.07, 6.45) is 0.728. The highest BCUT2D eigenvalue weighted by Gasteiger charge is 2.48. The van der Waals surface area contributed by atoms with Gasteiger partial charge in [0.25, 0.3) is 0 Å². The summed E-state index contributed by atoms with van der Waals surface area (Å²) in [5.41, 5.74) is 0.785. The Hall–Kier alpha value is -0.683. The fraction of sp³-hybridized carbons (Fsp3) is 0.905. The minimum absolute atomic E-state index is 0.0374. The molecule has 0 fully saturated rings. The topological polar surface area (TPSA) is 52.6 Å². The van der Waals surface area contributed by atoms with E-state index in [1.807, 2.05) is 34.6 Å². The largest absolute Gasteiger partial charge is 0.465 e. The van der Waals surface area contributed by atoms with Crippen molar-refractivity contribution in [1.29, 1.82) is 0 Å². The van der Waals surface area contributed by atoms with Crippen LogP contribution in [0.3, 0.4) is 0 Å². The number of esters is 1. The third-order valence-corrected chi connectivity index (χ3v) is 11.5. The van der Waals surface area contributed by atoms with Crippen molar-refractivity contribution in [1.82, 2.24) is 0 Å². The first-order valence-electron chi connectivity index (χ1n) is 10.0. The molecular formula is C21H42O4Si. The molecule has 0 bridgehead atoms. The van der Waals surface area contributed by atoms with Crippen molar-refractivity contribution in [3.8, 4) is 0 Å². The van der Waals surface area contributed by atoms with Gasteiger partial charge in [0.05, 0.1) is 18.1 Å². The summed E-state index contributed by atoms with van der Waals surface area (Å²) < 4.78 is 12.4. The van der Waals surface area contributed by atoms with Crippen molar-refractivity contribution in [2.24, 2.45) is 17.3 Å². The van der Waals surface area contributed by atoms with Crippen LogP contribution in [-0.4, -0.2) is 33.3 Å². The third-order valence-electron chi connectivity index (χ3n) is 5.43. The molecule has 0 amide bonds. The Balaban J connectivity index is 5.54. The van der Waals surface area contributed by atoms with E-state index in [1.165, 1.54) is 0 Å². The zero-order valence-electron chi connectivity index (χ0n) is 18.9. The molecule has 0 radical (unpaired) electrons. The van der Waals surface area contributed by atoms with E-state index in [9.17, 15) is 9.59 Å². The van der Waals surface area contributed by atoms with Crippen LogP contribution < -0.4 is 0 Å². The molecule has 5 heteroatoms. The molecule has 0 heterocycles. The lowest BCUT2D eigenvalue weighted by atomic mass is 9.94. The SMILES string of the molecule is CC(C)[Si](O[C@H]([C@H](C)C=O)[C@H](C)COC(=O)C(C)(C)C)(C(C)C)C(C)C. The number of carbonyl (C=O) groups excluding carboxylic acids is 2. The second-order valence-electron chi connectivity index (χ2n) is 9.72. The van der Waals surface area contributed by atoms with Crippen molar-refractivity contribution in [3.63, 3.8) is 0 Å². The summed E-state index contributed by atoms with van der Waals surface area (Å²) in [4.78, 5) is 23.7. The van der Waals surface area contributed by atoms with Crippen molar-refractivity contribution >= 4 is 20.6 Å². The Morgan fingerprint density at radius 1 is 0.923 bits per heavy atom. The van der Waals surface area contributed by atoms with Crippen LogP contribution in [0.15, 0.2) is 0 Å². The molecule has 0 aliphatic rings. The maximum Gasteiger partial charge on any atom is 0.311 e. The minimum Gasteiger partial charge on any atom is -0.465 e. The quantitative estimate of drug-likeness (QED) is 0.278. The monoisotopic (exact) mass is 386 g/mol. The van der Waals surface area contributed by atoms with E-state index >= 15 is 0 Å². The molecular weight excluding hydrogens is 344 g/mol.